The largest absolute Gasteiger partial charge is 0.496 e. The van der Waals surface area contributed by atoms with E-state index >= 15 is 0 Å². The number of H-pyrrole nitrogens is 1. The Bertz CT molecular complexity index is 1330. The van der Waals surface area contributed by atoms with E-state index in [0.717, 1.165) is 0 Å². The lowest BCUT2D eigenvalue weighted by atomic mass is 10.0. The molecule has 0 saturated carbocycles. The highest BCUT2D eigenvalue weighted by Crippen LogP contribution is 2.29. The van der Waals surface area contributed by atoms with Crippen LogP contribution in [0.3, 0.4) is 0 Å². The van der Waals surface area contributed by atoms with Gasteiger partial charge in [0.05, 0.1) is 19.8 Å². The second-order valence-electron chi connectivity index (χ2n) is 7.57. The zero-order valence-corrected chi connectivity index (χ0v) is 21.1. The van der Waals surface area contributed by atoms with Crippen molar-refractivity contribution in [3.05, 3.63) is 79.8 Å². The molecular weight excluding hydrogens is 536 g/mol. The summed E-state index contributed by atoms with van der Waals surface area (Å²) in [7, 11) is 2.77. The van der Waals surface area contributed by atoms with Gasteiger partial charge in [0.15, 0.2) is 0 Å². The predicted octanol–water partition coefficient (Wildman–Crippen LogP) is 2.54. The molecule has 0 aliphatic rings. The van der Waals surface area contributed by atoms with Crippen LogP contribution in [0.2, 0.25) is 0 Å². The first kappa shape index (κ1) is 26.4. The van der Waals surface area contributed by atoms with Gasteiger partial charge in [-0.2, -0.15) is 4.98 Å². The van der Waals surface area contributed by atoms with Gasteiger partial charge in [0, 0.05) is 22.7 Å². The number of aliphatic carboxylic acids is 1. The summed E-state index contributed by atoms with van der Waals surface area (Å²) in [5.74, 6) is -2.34. The van der Waals surface area contributed by atoms with Gasteiger partial charge in [0.25, 0.3) is 11.8 Å². The highest BCUT2D eigenvalue weighted by atomic mass is 79.9. The lowest BCUT2D eigenvalue weighted by Gasteiger charge is -2.18. The van der Waals surface area contributed by atoms with Crippen LogP contribution >= 0.6 is 15.9 Å². The second kappa shape index (κ2) is 11.5. The van der Waals surface area contributed by atoms with Crippen LogP contribution in [0.1, 0.15) is 31.8 Å². The summed E-state index contributed by atoms with van der Waals surface area (Å²) in [6.45, 7) is 1.72. The molecule has 0 saturated heterocycles. The Morgan fingerprint density at radius 3 is 2.28 bits per heavy atom. The van der Waals surface area contributed by atoms with E-state index in [-0.39, 0.29) is 34.9 Å². The molecule has 1 aromatic heterocycles. The molecule has 2 amide bonds. The van der Waals surface area contributed by atoms with Crippen molar-refractivity contribution in [2.45, 2.75) is 19.4 Å². The number of carbonyl (C=O) groups excluding carboxylic acids is 2. The summed E-state index contributed by atoms with van der Waals surface area (Å²) in [4.78, 5) is 56.0. The third-order valence-corrected chi connectivity index (χ3v) is 5.91. The number of halogens is 1. The summed E-state index contributed by atoms with van der Waals surface area (Å²) in [6, 6.07) is 8.51. The zero-order chi connectivity index (χ0) is 26.4. The van der Waals surface area contributed by atoms with Crippen molar-refractivity contribution >= 4 is 39.5 Å². The monoisotopic (exact) mass is 558 g/mol. The molecule has 1 heterocycles. The van der Waals surface area contributed by atoms with Crippen LogP contribution < -0.4 is 25.8 Å². The zero-order valence-electron chi connectivity index (χ0n) is 19.5. The number of aromatic amines is 1. The molecule has 0 bridgehead atoms. The number of methoxy groups -OCH3 is 2. The first-order chi connectivity index (χ1) is 17.2. The van der Waals surface area contributed by atoms with Gasteiger partial charge < -0.3 is 30.2 Å². The van der Waals surface area contributed by atoms with Gasteiger partial charge in [-0.3, -0.25) is 9.59 Å². The van der Waals surface area contributed by atoms with Crippen LogP contribution in [-0.2, 0) is 11.2 Å². The fraction of sp³-hybridized carbons (Fsp3) is 0.208. The van der Waals surface area contributed by atoms with Crippen molar-refractivity contribution in [3.8, 4) is 11.5 Å². The number of hydrogen-bond donors (Lipinski definition) is 4. The van der Waals surface area contributed by atoms with E-state index in [4.69, 9.17) is 9.47 Å². The quantitative estimate of drug-likeness (QED) is 0.311. The summed E-state index contributed by atoms with van der Waals surface area (Å²) < 4.78 is 11.0. The first-order valence-electron chi connectivity index (χ1n) is 10.6. The molecule has 0 spiro atoms. The number of aromatic nitrogens is 2. The van der Waals surface area contributed by atoms with E-state index < -0.39 is 29.5 Å². The minimum atomic E-state index is -1.40. The maximum atomic E-state index is 13.1. The molecule has 36 heavy (non-hydrogen) atoms. The number of carboxylic acids is 1. The summed E-state index contributed by atoms with van der Waals surface area (Å²) in [5, 5.41) is 14.8. The van der Waals surface area contributed by atoms with Crippen LogP contribution in [0, 0.1) is 6.92 Å². The average molecular weight is 559 g/mol. The number of hydrogen-bond acceptors (Lipinski definition) is 7. The number of carboxylic acid groups (broad SMARTS) is 1. The van der Waals surface area contributed by atoms with Gasteiger partial charge in [0.2, 0.25) is 0 Å². The SMILES string of the molecule is COc1cccc(OC)c1C(=O)Nc1nc(=O)[nH]cc1CC(NC(=O)c1c(C)cccc1Br)C(=O)O. The number of amides is 2. The molecule has 12 heteroatoms. The first-order valence-corrected chi connectivity index (χ1v) is 11.3. The summed E-state index contributed by atoms with van der Waals surface area (Å²) in [6.07, 6.45) is 0.948. The number of anilines is 1. The highest BCUT2D eigenvalue weighted by Gasteiger charge is 2.26. The van der Waals surface area contributed by atoms with Crippen LogP contribution in [0.25, 0.3) is 0 Å². The number of rotatable bonds is 9. The van der Waals surface area contributed by atoms with E-state index in [1.165, 1.54) is 20.4 Å². The molecule has 0 aliphatic carbocycles. The number of aryl methyl sites for hydroxylation is 1. The van der Waals surface area contributed by atoms with Crippen LogP contribution in [-0.4, -0.2) is 53.1 Å². The number of ether oxygens (including phenoxy) is 2. The molecular formula is C24H23BrN4O7. The van der Waals surface area contributed by atoms with E-state index in [9.17, 15) is 24.3 Å². The molecule has 0 radical (unpaired) electrons. The van der Waals surface area contributed by atoms with Crippen molar-refractivity contribution < 1.29 is 29.0 Å². The van der Waals surface area contributed by atoms with E-state index in [1.807, 2.05) is 0 Å². The highest BCUT2D eigenvalue weighted by molar-refractivity contribution is 9.10. The van der Waals surface area contributed by atoms with Gasteiger partial charge in [-0.05, 0) is 46.6 Å². The molecule has 0 aliphatic heterocycles. The Balaban J connectivity index is 1.91. The third-order valence-electron chi connectivity index (χ3n) is 5.25. The normalized spacial score (nSPS) is 11.3. The molecule has 11 nitrogen and oxygen atoms in total. The molecule has 3 aromatic rings. The average Bonchev–Trinajstić information content (AvgIpc) is 2.84. The Morgan fingerprint density at radius 1 is 1.06 bits per heavy atom. The van der Waals surface area contributed by atoms with Crippen molar-refractivity contribution in [2.75, 3.05) is 19.5 Å². The Kier molecular flexibility index (Phi) is 8.43. The van der Waals surface area contributed by atoms with Crippen LogP contribution in [0.4, 0.5) is 5.82 Å². The smallest absolute Gasteiger partial charge is 0.346 e. The minimum Gasteiger partial charge on any atom is -0.496 e. The molecule has 188 valence electrons. The van der Waals surface area contributed by atoms with Gasteiger partial charge in [-0.25, -0.2) is 9.59 Å². The van der Waals surface area contributed by atoms with Crippen LogP contribution in [0.5, 0.6) is 11.5 Å². The van der Waals surface area contributed by atoms with Gasteiger partial charge in [0.1, 0.15) is 28.9 Å². The van der Waals surface area contributed by atoms with Gasteiger partial charge >= 0.3 is 11.7 Å². The van der Waals surface area contributed by atoms with Crippen molar-refractivity contribution in [2.24, 2.45) is 0 Å². The fourth-order valence-electron chi connectivity index (χ4n) is 3.50. The number of benzene rings is 2. The van der Waals surface area contributed by atoms with Crippen LogP contribution in [0.15, 0.2) is 51.9 Å². The lowest BCUT2D eigenvalue weighted by molar-refractivity contribution is -0.139. The van der Waals surface area contributed by atoms with Gasteiger partial charge in [-0.15, -0.1) is 0 Å². The number of nitrogens with zero attached hydrogens (tertiary/aromatic N) is 1. The lowest BCUT2D eigenvalue weighted by Crippen LogP contribution is -2.43. The van der Waals surface area contributed by atoms with Crippen molar-refractivity contribution in [1.82, 2.24) is 15.3 Å². The molecule has 1 unspecified atom stereocenters. The molecule has 3 rings (SSSR count). The Morgan fingerprint density at radius 2 is 1.69 bits per heavy atom. The molecule has 1 atom stereocenters. The topological polar surface area (TPSA) is 160 Å². The van der Waals surface area contributed by atoms with Crippen molar-refractivity contribution in [3.63, 3.8) is 0 Å². The van der Waals surface area contributed by atoms with E-state index in [1.54, 1.807) is 43.3 Å². The number of carbonyl (C=O) groups is 3. The third kappa shape index (κ3) is 5.89. The Labute approximate surface area is 214 Å². The van der Waals surface area contributed by atoms with E-state index in [0.29, 0.717) is 15.6 Å². The standard InChI is InChI=1S/C24H23BrN4O7/c1-12-6-4-7-14(25)18(12)21(30)27-15(23(32)33)10-13-11-26-24(34)29-20(13)28-22(31)19-16(35-2)8-5-9-17(19)36-3/h4-9,11,15H,10H2,1-3H3,(H,27,30)(H,32,33)(H2,26,28,29,31,34). The van der Waals surface area contributed by atoms with E-state index in [2.05, 4.69) is 36.5 Å². The predicted molar refractivity (Wildman–Crippen MR) is 134 cm³/mol. The summed E-state index contributed by atoms with van der Waals surface area (Å²) >= 11 is 3.31. The number of nitrogens with one attached hydrogen (secondary N) is 3. The Hall–Kier alpha value is -4.19. The summed E-state index contributed by atoms with van der Waals surface area (Å²) in [5.41, 5.74) is 0.410. The van der Waals surface area contributed by atoms with Crippen molar-refractivity contribution in [1.29, 1.82) is 0 Å². The second-order valence-corrected chi connectivity index (χ2v) is 8.43. The minimum absolute atomic E-state index is 0.0584. The fourth-order valence-corrected chi connectivity index (χ4v) is 4.15. The maximum absolute atomic E-state index is 13.1. The molecule has 2 aromatic carbocycles. The van der Waals surface area contributed by atoms with Gasteiger partial charge in [-0.1, -0.05) is 18.2 Å². The molecule has 4 N–H and O–H groups in total. The maximum Gasteiger partial charge on any atom is 0.346 e. The molecule has 0 fully saturated rings.